The Labute approximate surface area is 207 Å². The van der Waals surface area contributed by atoms with Gasteiger partial charge in [-0.2, -0.15) is 0 Å². The molecule has 0 aromatic heterocycles. The molecule has 0 bridgehead atoms. The predicted molar refractivity (Wildman–Crippen MR) is 137 cm³/mol. The van der Waals surface area contributed by atoms with Gasteiger partial charge >= 0.3 is 0 Å². The number of carbonyl (C=O) groups is 2. The maximum Gasteiger partial charge on any atom is 0.242 e. The lowest BCUT2D eigenvalue weighted by Gasteiger charge is -2.29. The van der Waals surface area contributed by atoms with E-state index < -0.39 is 6.04 Å². The van der Waals surface area contributed by atoms with Gasteiger partial charge in [-0.25, -0.2) is 0 Å². The van der Waals surface area contributed by atoms with Crippen molar-refractivity contribution in [3.05, 3.63) is 95.6 Å². The van der Waals surface area contributed by atoms with Crippen LogP contribution in [-0.4, -0.2) is 43.5 Å². The van der Waals surface area contributed by atoms with Gasteiger partial charge < -0.3 is 19.7 Å². The second-order valence-electron chi connectivity index (χ2n) is 8.40. The number of methoxy groups -OCH3 is 2. The largest absolute Gasteiger partial charge is 0.493 e. The van der Waals surface area contributed by atoms with Crippen LogP contribution in [0.15, 0.2) is 78.9 Å². The first-order chi connectivity index (χ1) is 17.0. The highest BCUT2D eigenvalue weighted by molar-refractivity contribution is 5.87. The molecular weight excluding hydrogens is 440 g/mol. The molecule has 1 N–H and O–H groups in total. The van der Waals surface area contributed by atoms with E-state index in [2.05, 4.69) is 5.32 Å². The van der Waals surface area contributed by atoms with Crippen molar-refractivity contribution in [3.63, 3.8) is 0 Å². The van der Waals surface area contributed by atoms with Gasteiger partial charge in [0.2, 0.25) is 11.8 Å². The molecule has 2 amide bonds. The Kier molecular flexibility index (Phi) is 9.72. The first-order valence-corrected chi connectivity index (χ1v) is 11.9. The van der Waals surface area contributed by atoms with E-state index in [4.69, 9.17) is 9.47 Å². The van der Waals surface area contributed by atoms with E-state index in [0.29, 0.717) is 43.9 Å². The third-order valence-electron chi connectivity index (χ3n) is 5.99. The molecule has 3 aromatic rings. The number of benzene rings is 3. The Morgan fingerprint density at radius 2 is 1.43 bits per heavy atom. The first kappa shape index (κ1) is 25.8. The molecule has 0 heterocycles. The Balaban J connectivity index is 1.62. The molecule has 1 atom stereocenters. The summed E-state index contributed by atoms with van der Waals surface area (Å²) in [6, 6.07) is 24.8. The molecule has 184 valence electrons. The molecule has 0 aliphatic heterocycles. The van der Waals surface area contributed by atoms with Crippen molar-refractivity contribution < 1.29 is 19.1 Å². The standard InChI is InChI=1S/C29H34N2O4/c1-22(29(33)30-19-18-24-14-16-26(34-2)27(20-24)35-3)31(21-25-12-8-5-9-13-25)28(32)17-15-23-10-6-4-7-11-23/h4-14,16,20,22H,15,17-19,21H2,1-3H3,(H,30,33)/t22-/m0/s1. The minimum atomic E-state index is -0.594. The lowest BCUT2D eigenvalue weighted by atomic mass is 10.1. The van der Waals surface area contributed by atoms with Gasteiger partial charge in [-0.15, -0.1) is 0 Å². The fourth-order valence-corrected chi connectivity index (χ4v) is 3.92. The smallest absolute Gasteiger partial charge is 0.242 e. The fourth-order valence-electron chi connectivity index (χ4n) is 3.92. The summed E-state index contributed by atoms with van der Waals surface area (Å²) in [5, 5.41) is 2.99. The van der Waals surface area contributed by atoms with Gasteiger partial charge in [-0.1, -0.05) is 66.7 Å². The average molecular weight is 475 g/mol. The van der Waals surface area contributed by atoms with Crippen molar-refractivity contribution in [1.82, 2.24) is 10.2 Å². The molecule has 6 nitrogen and oxygen atoms in total. The SMILES string of the molecule is COc1ccc(CCNC(=O)[C@H](C)N(Cc2ccccc2)C(=O)CCc2ccccc2)cc1OC. The molecule has 0 saturated heterocycles. The fraction of sp³-hybridized carbons (Fsp3) is 0.310. The van der Waals surface area contributed by atoms with Crippen LogP contribution < -0.4 is 14.8 Å². The third-order valence-corrected chi connectivity index (χ3v) is 5.99. The Hall–Kier alpha value is -3.80. The number of aryl methyl sites for hydroxylation is 1. The quantitative estimate of drug-likeness (QED) is 0.422. The van der Waals surface area contributed by atoms with Crippen molar-refractivity contribution in [3.8, 4) is 11.5 Å². The zero-order valence-electron chi connectivity index (χ0n) is 20.7. The molecule has 3 rings (SSSR count). The monoisotopic (exact) mass is 474 g/mol. The molecule has 0 aliphatic rings. The van der Waals surface area contributed by atoms with E-state index >= 15 is 0 Å². The summed E-state index contributed by atoms with van der Waals surface area (Å²) in [7, 11) is 3.20. The van der Waals surface area contributed by atoms with Crippen LogP contribution in [0.3, 0.4) is 0 Å². The Morgan fingerprint density at radius 1 is 0.800 bits per heavy atom. The average Bonchev–Trinajstić information content (AvgIpc) is 2.91. The molecule has 0 fully saturated rings. The van der Waals surface area contributed by atoms with Crippen molar-refractivity contribution in [1.29, 1.82) is 0 Å². The highest BCUT2D eigenvalue weighted by Crippen LogP contribution is 2.27. The maximum atomic E-state index is 13.2. The number of nitrogens with one attached hydrogen (secondary N) is 1. The van der Waals surface area contributed by atoms with E-state index in [1.165, 1.54) is 0 Å². The number of nitrogens with zero attached hydrogens (tertiary/aromatic N) is 1. The minimum absolute atomic E-state index is 0.0414. The van der Waals surface area contributed by atoms with Crippen molar-refractivity contribution >= 4 is 11.8 Å². The van der Waals surface area contributed by atoms with Gasteiger partial charge in [0.1, 0.15) is 6.04 Å². The van der Waals surface area contributed by atoms with Gasteiger partial charge in [0, 0.05) is 19.5 Å². The second-order valence-corrected chi connectivity index (χ2v) is 8.40. The van der Waals surface area contributed by atoms with Crippen molar-refractivity contribution in [2.75, 3.05) is 20.8 Å². The Morgan fingerprint density at radius 3 is 2.06 bits per heavy atom. The topological polar surface area (TPSA) is 67.9 Å². The zero-order valence-corrected chi connectivity index (χ0v) is 20.7. The molecule has 6 heteroatoms. The summed E-state index contributed by atoms with van der Waals surface area (Å²) in [4.78, 5) is 27.9. The first-order valence-electron chi connectivity index (χ1n) is 11.9. The third kappa shape index (κ3) is 7.60. The van der Waals surface area contributed by atoms with Crippen LogP contribution in [-0.2, 0) is 29.0 Å². The van der Waals surface area contributed by atoms with E-state index in [9.17, 15) is 9.59 Å². The van der Waals surface area contributed by atoms with Crippen LogP contribution in [0.25, 0.3) is 0 Å². The summed E-state index contributed by atoms with van der Waals surface area (Å²) in [6.45, 7) is 2.63. The molecule has 0 spiro atoms. The van der Waals surface area contributed by atoms with Crippen LogP contribution in [0.1, 0.15) is 30.0 Å². The summed E-state index contributed by atoms with van der Waals surface area (Å²) in [5.41, 5.74) is 3.12. The van der Waals surface area contributed by atoms with Gasteiger partial charge in [-0.3, -0.25) is 9.59 Å². The number of hydrogen-bond acceptors (Lipinski definition) is 4. The number of carbonyl (C=O) groups excluding carboxylic acids is 2. The van der Waals surface area contributed by atoms with E-state index in [1.54, 1.807) is 26.0 Å². The summed E-state index contributed by atoms with van der Waals surface area (Å²) >= 11 is 0. The zero-order chi connectivity index (χ0) is 25.0. The number of ether oxygens (including phenoxy) is 2. The van der Waals surface area contributed by atoms with E-state index in [0.717, 1.165) is 16.7 Å². The van der Waals surface area contributed by atoms with Gasteiger partial charge in [-0.05, 0) is 48.6 Å². The van der Waals surface area contributed by atoms with Crippen LogP contribution in [0, 0.1) is 0 Å². The maximum absolute atomic E-state index is 13.2. The Bertz CT molecular complexity index is 1090. The molecule has 0 aliphatic carbocycles. The van der Waals surface area contributed by atoms with Crippen molar-refractivity contribution in [2.24, 2.45) is 0 Å². The van der Waals surface area contributed by atoms with Crippen molar-refractivity contribution in [2.45, 2.75) is 38.8 Å². The predicted octanol–water partition coefficient (Wildman–Crippen LogP) is 4.41. The highest BCUT2D eigenvalue weighted by Gasteiger charge is 2.25. The molecule has 0 saturated carbocycles. The molecule has 3 aromatic carbocycles. The van der Waals surface area contributed by atoms with Crippen LogP contribution in [0.5, 0.6) is 11.5 Å². The summed E-state index contributed by atoms with van der Waals surface area (Å²) in [6.07, 6.45) is 1.62. The molecule has 0 unspecified atom stereocenters. The lowest BCUT2D eigenvalue weighted by molar-refractivity contribution is -0.140. The van der Waals surface area contributed by atoms with E-state index in [1.807, 2.05) is 78.9 Å². The lowest BCUT2D eigenvalue weighted by Crippen LogP contribution is -2.48. The van der Waals surface area contributed by atoms with Crippen LogP contribution >= 0.6 is 0 Å². The molecular formula is C29H34N2O4. The number of hydrogen-bond donors (Lipinski definition) is 1. The van der Waals surface area contributed by atoms with Crippen LogP contribution in [0.4, 0.5) is 0 Å². The van der Waals surface area contributed by atoms with E-state index in [-0.39, 0.29) is 11.8 Å². The van der Waals surface area contributed by atoms with Gasteiger partial charge in [0.25, 0.3) is 0 Å². The number of rotatable bonds is 12. The van der Waals surface area contributed by atoms with Gasteiger partial charge in [0.15, 0.2) is 11.5 Å². The molecule has 0 radical (unpaired) electrons. The highest BCUT2D eigenvalue weighted by atomic mass is 16.5. The minimum Gasteiger partial charge on any atom is -0.493 e. The van der Waals surface area contributed by atoms with Crippen LogP contribution in [0.2, 0.25) is 0 Å². The summed E-state index contributed by atoms with van der Waals surface area (Å²) < 4.78 is 10.6. The second kappa shape index (κ2) is 13.2. The number of amides is 2. The molecule has 35 heavy (non-hydrogen) atoms. The van der Waals surface area contributed by atoms with Gasteiger partial charge in [0.05, 0.1) is 14.2 Å². The normalized spacial score (nSPS) is 11.4. The summed E-state index contributed by atoms with van der Waals surface area (Å²) in [5.74, 6) is 1.11.